The maximum Gasteiger partial charge on any atom is 0.0577 e. The molecule has 0 amide bonds. The lowest BCUT2D eigenvalue weighted by Gasteiger charge is -2.25. The van der Waals surface area contributed by atoms with Crippen molar-refractivity contribution in [2.24, 2.45) is 0 Å². The molecule has 0 aliphatic heterocycles. The lowest BCUT2D eigenvalue weighted by atomic mass is 10.2. The van der Waals surface area contributed by atoms with Crippen LogP contribution < -0.4 is 10.4 Å². The van der Waals surface area contributed by atoms with Crippen LogP contribution in [0.15, 0.2) is 60.7 Å². The quantitative estimate of drug-likeness (QED) is 0.577. The molecule has 0 unspecified atom stereocenters. The van der Waals surface area contributed by atoms with E-state index >= 15 is 0 Å². The minimum Gasteiger partial charge on any atom is -0.277 e. The first-order valence-corrected chi connectivity index (χ1v) is 7.05. The highest BCUT2D eigenvalue weighted by Crippen LogP contribution is 2.22. The Hall–Kier alpha value is -1.80. The number of hydrazine groups is 1. The van der Waals surface area contributed by atoms with Crippen molar-refractivity contribution in [1.29, 1.82) is 0 Å². The number of nitrogens with zero attached hydrogens (tertiary/aromatic N) is 1. The zero-order chi connectivity index (χ0) is 13.3. The van der Waals surface area contributed by atoms with Crippen LogP contribution in [0.3, 0.4) is 0 Å². The van der Waals surface area contributed by atoms with E-state index in [9.17, 15) is 0 Å². The predicted octanol–water partition coefficient (Wildman–Crippen LogP) is 4.52. The topological polar surface area (TPSA) is 15.3 Å². The number of rotatable bonds is 7. The molecule has 0 saturated carbocycles. The lowest BCUT2D eigenvalue weighted by molar-refractivity contribution is 0.624. The molecule has 19 heavy (non-hydrogen) atoms. The Kier molecular flexibility index (Phi) is 5.45. The average molecular weight is 254 g/mol. The van der Waals surface area contributed by atoms with Crippen molar-refractivity contribution in [2.45, 2.75) is 26.2 Å². The number of unbranched alkanes of at least 4 members (excludes halogenated alkanes) is 2. The van der Waals surface area contributed by atoms with E-state index in [-0.39, 0.29) is 0 Å². The van der Waals surface area contributed by atoms with Gasteiger partial charge in [0, 0.05) is 6.54 Å². The van der Waals surface area contributed by atoms with Crippen LogP contribution in [-0.2, 0) is 0 Å². The molecule has 2 heteroatoms. The van der Waals surface area contributed by atoms with E-state index in [2.05, 4.69) is 65.9 Å². The lowest BCUT2D eigenvalue weighted by Crippen LogP contribution is -2.34. The maximum absolute atomic E-state index is 3.52. The Morgan fingerprint density at radius 1 is 0.789 bits per heavy atom. The first-order chi connectivity index (χ1) is 9.42. The highest BCUT2D eigenvalue weighted by molar-refractivity contribution is 5.61. The smallest absolute Gasteiger partial charge is 0.0577 e. The summed E-state index contributed by atoms with van der Waals surface area (Å²) in [5.41, 5.74) is 5.86. The second-order valence-electron chi connectivity index (χ2n) is 4.62. The van der Waals surface area contributed by atoms with Crippen LogP contribution in [-0.4, -0.2) is 6.54 Å². The summed E-state index contributed by atoms with van der Waals surface area (Å²) in [5, 5.41) is 2.16. The summed E-state index contributed by atoms with van der Waals surface area (Å²) in [6, 6.07) is 20.9. The fraction of sp³-hybridized carbons (Fsp3) is 0.294. The van der Waals surface area contributed by atoms with Crippen molar-refractivity contribution in [2.75, 3.05) is 11.6 Å². The van der Waals surface area contributed by atoms with Crippen LogP contribution in [0.5, 0.6) is 0 Å². The molecule has 0 spiro atoms. The minimum absolute atomic E-state index is 0.998. The van der Waals surface area contributed by atoms with Gasteiger partial charge in [-0.05, 0) is 30.7 Å². The third kappa shape index (κ3) is 4.11. The molecule has 0 radical (unpaired) electrons. The fourth-order valence-corrected chi connectivity index (χ4v) is 2.05. The first kappa shape index (κ1) is 13.6. The van der Waals surface area contributed by atoms with Gasteiger partial charge in [-0.3, -0.25) is 5.01 Å². The average Bonchev–Trinajstić information content (AvgIpc) is 2.49. The van der Waals surface area contributed by atoms with E-state index in [0.29, 0.717) is 0 Å². The molecule has 0 aliphatic rings. The van der Waals surface area contributed by atoms with E-state index in [1.807, 2.05) is 12.1 Å². The second kappa shape index (κ2) is 7.59. The molecule has 0 aromatic heterocycles. The number of nitrogens with one attached hydrogen (secondary N) is 1. The summed E-state index contributed by atoms with van der Waals surface area (Å²) in [7, 11) is 0. The second-order valence-corrected chi connectivity index (χ2v) is 4.62. The molecule has 0 saturated heterocycles. The summed E-state index contributed by atoms with van der Waals surface area (Å²) in [4.78, 5) is 0. The monoisotopic (exact) mass is 254 g/mol. The third-order valence-electron chi connectivity index (χ3n) is 3.08. The number of hydrogen-bond donors (Lipinski definition) is 1. The molecule has 2 aromatic carbocycles. The molecule has 2 aromatic rings. The standard InChI is InChI=1S/C17H22N2/c1-2-3-10-15-18-19(16-11-6-4-7-12-16)17-13-8-5-9-14-17/h4-9,11-14,18H,2-3,10,15H2,1H3. The number of anilines is 2. The van der Waals surface area contributed by atoms with Crippen molar-refractivity contribution < 1.29 is 0 Å². The van der Waals surface area contributed by atoms with Gasteiger partial charge >= 0.3 is 0 Å². The summed E-state index contributed by atoms with van der Waals surface area (Å²) in [5.74, 6) is 0. The van der Waals surface area contributed by atoms with Crippen LogP contribution in [0.1, 0.15) is 26.2 Å². The molecular formula is C17H22N2. The van der Waals surface area contributed by atoms with Crippen LogP contribution in [0.2, 0.25) is 0 Å². The van der Waals surface area contributed by atoms with Gasteiger partial charge in [-0.2, -0.15) is 0 Å². The highest BCUT2D eigenvalue weighted by Gasteiger charge is 2.07. The SMILES string of the molecule is CCCCCNN(c1ccccc1)c1ccccc1. The van der Waals surface area contributed by atoms with Gasteiger partial charge in [-0.15, -0.1) is 0 Å². The first-order valence-electron chi connectivity index (χ1n) is 7.05. The molecule has 1 N–H and O–H groups in total. The Morgan fingerprint density at radius 3 is 1.79 bits per heavy atom. The normalized spacial score (nSPS) is 10.4. The molecular weight excluding hydrogens is 232 g/mol. The summed E-state index contributed by atoms with van der Waals surface area (Å²) in [6.45, 7) is 3.23. The van der Waals surface area contributed by atoms with E-state index in [1.54, 1.807) is 0 Å². The molecule has 0 fully saturated rings. The zero-order valence-corrected chi connectivity index (χ0v) is 11.5. The van der Waals surface area contributed by atoms with Gasteiger partial charge in [0.2, 0.25) is 0 Å². The Morgan fingerprint density at radius 2 is 1.32 bits per heavy atom. The van der Waals surface area contributed by atoms with Crippen LogP contribution in [0.25, 0.3) is 0 Å². The van der Waals surface area contributed by atoms with Crippen molar-refractivity contribution in [3.05, 3.63) is 60.7 Å². The molecule has 0 bridgehead atoms. The van der Waals surface area contributed by atoms with Crippen LogP contribution in [0, 0.1) is 0 Å². The summed E-state index contributed by atoms with van der Waals surface area (Å²) in [6.07, 6.45) is 3.72. The van der Waals surface area contributed by atoms with Crippen molar-refractivity contribution in [3.63, 3.8) is 0 Å². The van der Waals surface area contributed by atoms with E-state index < -0.39 is 0 Å². The predicted molar refractivity (Wildman–Crippen MR) is 82.6 cm³/mol. The van der Waals surface area contributed by atoms with Gasteiger partial charge in [0.1, 0.15) is 0 Å². The van der Waals surface area contributed by atoms with Gasteiger partial charge in [-0.1, -0.05) is 56.2 Å². The highest BCUT2D eigenvalue weighted by atomic mass is 15.5. The molecule has 2 rings (SSSR count). The molecule has 0 atom stereocenters. The van der Waals surface area contributed by atoms with Gasteiger partial charge in [0.05, 0.1) is 11.4 Å². The van der Waals surface area contributed by atoms with Gasteiger partial charge in [0.25, 0.3) is 0 Å². The van der Waals surface area contributed by atoms with Crippen LogP contribution >= 0.6 is 0 Å². The molecule has 2 nitrogen and oxygen atoms in total. The third-order valence-corrected chi connectivity index (χ3v) is 3.08. The minimum atomic E-state index is 0.998. The molecule has 0 heterocycles. The van der Waals surface area contributed by atoms with Crippen LogP contribution in [0.4, 0.5) is 11.4 Å². The van der Waals surface area contributed by atoms with E-state index in [0.717, 1.165) is 6.54 Å². The number of benzene rings is 2. The van der Waals surface area contributed by atoms with Crippen molar-refractivity contribution >= 4 is 11.4 Å². The molecule has 100 valence electrons. The van der Waals surface area contributed by atoms with Gasteiger partial charge < -0.3 is 0 Å². The summed E-state index contributed by atoms with van der Waals surface area (Å²) >= 11 is 0. The van der Waals surface area contributed by atoms with Gasteiger partial charge in [-0.25, -0.2) is 5.43 Å². The zero-order valence-electron chi connectivity index (χ0n) is 11.5. The maximum atomic E-state index is 3.52. The van der Waals surface area contributed by atoms with E-state index in [1.165, 1.54) is 30.6 Å². The Balaban J connectivity index is 2.10. The van der Waals surface area contributed by atoms with Crippen molar-refractivity contribution in [3.8, 4) is 0 Å². The number of para-hydroxylation sites is 2. The fourth-order valence-electron chi connectivity index (χ4n) is 2.05. The van der Waals surface area contributed by atoms with Gasteiger partial charge in [0.15, 0.2) is 0 Å². The largest absolute Gasteiger partial charge is 0.277 e. The number of hydrogen-bond acceptors (Lipinski definition) is 2. The van der Waals surface area contributed by atoms with E-state index in [4.69, 9.17) is 0 Å². The Labute approximate surface area is 116 Å². The summed E-state index contributed by atoms with van der Waals surface area (Å²) < 4.78 is 0. The van der Waals surface area contributed by atoms with Crippen molar-refractivity contribution in [1.82, 2.24) is 5.43 Å². The molecule has 0 aliphatic carbocycles. The Bertz CT molecular complexity index is 414.